The highest BCUT2D eigenvalue weighted by atomic mass is 35.5. The second kappa shape index (κ2) is 12.0. The van der Waals surface area contributed by atoms with Crippen LogP contribution in [0, 0.1) is 6.92 Å². The fraction of sp³-hybridized carbons (Fsp3) is 0.440. The number of hydrogen-bond donors (Lipinski definition) is 1. The van der Waals surface area contributed by atoms with Gasteiger partial charge in [-0.25, -0.2) is 0 Å². The van der Waals surface area contributed by atoms with Crippen molar-refractivity contribution < 1.29 is 9.59 Å². The molecule has 2 amide bonds. The first-order valence-corrected chi connectivity index (χ1v) is 12.9. The van der Waals surface area contributed by atoms with Gasteiger partial charge in [-0.2, -0.15) is 0 Å². The summed E-state index contributed by atoms with van der Waals surface area (Å²) in [6.45, 7) is 4.16. The maximum Gasteiger partial charge on any atom is 0.242 e. The van der Waals surface area contributed by atoms with Gasteiger partial charge in [-0.05, 0) is 49.9 Å². The number of carbonyl (C=O) groups excluding carboxylic acids is 2. The van der Waals surface area contributed by atoms with Gasteiger partial charge in [0.2, 0.25) is 11.8 Å². The molecular formula is C25H30Cl2N2O2S. The molecule has 1 fully saturated rings. The molecule has 1 unspecified atom stereocenters. The van der Waals surface area contributed by atoms with Crippen LogP contribution < -0.4 is 5.32 Å². The van der Waals surface area contributed by atoms with E-state index in [2.05, 4.69) is 30.4 Å². The lowest BCUT2D eigenvalue weighted by Crippen LogP contribution is -2.50. The molecule has 2 aromatic carbocycles. The van der Waals surface area contributed by atoms with E-state index in [9.17, 15) is 9.59 Å². The Hall–Kier alpha value is -1.69. The molecule has 1 N–H and O–H groups in total. The minimum Gasteiger partial charge on any atom is -0.352 e. The van der Waals surface area contributed by atoms with Crippen LogP contribution in [0.15, 0.2) is 42.5 Å². The Kier molecular flexibility index (Phi) is 9.33. The second-order valence-corrected chi connectivity index (χ2v) is 10.2. The highest BCUT2D eigenvalue weighted by Gasteiger charge is 2.28. The Balaban J connectivity index is 1.68. The number of carbonyl (C=O) groups is 2. The molecular weight excluding hydrogens is 463 g/mol. The van der Waals surface area contributed by atoms with Crippen LogP contribution in [0.4, 0.5) is 0 Å². The maximum atomic E-state index is 13.2. The molecule has 0 spiro atoms. The third kappa shape index (κ3) is 7.16. The third-order valence-corrected chi connectivity index (χ3v) is 7.51. The molecule has 32 heavy (non-hydrogen) atoms. The van der Waals surface area contributed by atoms with Crippen LogP contribution in [0.25, 0.3) is 0 Å². The summed E-state index contributed by atoms with van der Waals surface area (Å²) in [4.78, 5) is 27.8. The van der Waals surface area contributed by atoms with Gasteiger partial charge in [0, 0.05) is 18.3 Å². The minimum absolute atomic E-state index is 0.0669. The van der Waals surface area contributed by atoms with Gasteiger partial charge in [-0.15, -0.1) is 11.8 Å². The first-order valence-electron chi connectivity index (χ1n) is 11.0. The third-order valence-electron chi connectivity index (χ3n) is 5.78. The van der Waals surface area contributed by atoms with E-state index in [1.165, 1.54) is 11.1 Å². The highest BCUT2D eigenvalue weighted by molar-refractivity contribution is 7.99. The summed E-state index contributed by atoms with van der Waals surface area (Å²) in [7, 11) is 0. The number of rotatable bonds is 9. The van der Waals surface area contributed by atoms with Gasteiger partial charge in [-0.3, -0.25) is 9.59 Å². The van der Waals surface area contributed by atoms with Crippen molar-refractivity contribution in [2.24, 2.45) is 0 Å². The van der Waals surface area contributed by atoms with Gasteiger partial charge in [-0.1, -0.05) is 71.9 Å². The van der Waals surface area contributed by atoms with Crippen molar-refractivity contribution in [2.75, 3.05) is 5.75 Å². The highest BCUT2D eigenvalue weighted by Crippen LogP contribution is 2.24. The predicted molar refractivity (Wildman–Crippen MR) is 134 cm³/mol. The van der Waals surface area contributed by atoms with E-state index in [1.54, 1.807) is 35.7 Å². The molecule has 0 aliphatic heterocycles. The topological polar surface area (TPSA) is 49.4 Å². The Bertz CT molecular complexity index is 947. The SMILES string of the molecule is Cc1cccc(CSCC(=O)N(Cc2ccc(Cl)c(Cl)c2)C(C)C(=O)NC2CCCC2)c1. The molecule has 2 aromatic rings. The van der Waals surface area contributed by atoms with Crippen molar-refractivity contribution >= 4 is 46.8 Å². The molecule has 0 saturated heterocycles. The molecule has 0 aromatic heterocycles. The minimum atomic E-state index is -0.572. The van der Waals surface area contributed by atoms with Gasteiger partial charge in [0.05, 0.1) is 15.8 Å². The number of amides is 2. The van der Waals surface area contributed by atoms with E-state index >= 15 is 0 Å². The van der Waals surface area contributed by atoms with E-state index in [-0.39, 0.29) is 17.9 Å². The van der Waals surface area contributed by atoms with Crippen molar-refractivity contribution in [3.63, 3.8) is 0 Å². The largest absolute Gasteiger partial charge is 0.352 e. The second-order valence-electron chi connectivity index (χ2n) is 8.42. The standard InChI is InChI=1S/C25H30Cl2N2O2S/c1-17-6-5-7-20(12-17)15-32-16-24(30)29(14-19-10-11-22(26)23(27)13-19)18(2)25(31)28-21-8-3-4-9-21/h5-7,10-13,18,21H,3-4,8-9,14-16H2,1-2H3,(H,28,31). The fourth-order valence-electron chi connectivity index (χ4n) is 3.95. The molecule has 0 radical (unpaired) electrons. The number of thioether (sulfide) groups is 1. The summed E-state index contributed by atoms with van der Waals surface area (Å²) in [6.07, 6.45) is 4.29. The lowest BCUT2D eigenvalue weighted by Gasteiger charge is -2.30. The lowest BCUT2D eigenvalue weighted by atomic mass is 10.1. The fourth-order valence-corrected chi connectivity index (χ4v) is 5.13. The van der Waals surface area contributed by atoms with Gasteiger partial charge in [0.1, 0.15) is 6.04 Å². The van der Waals surface area contributed by atoms with Gasteiger partial charge >= 0.3 is 0 Å². The average Bonchev–Trinajstić information content (AvgIpc) is 3.27. The Morgan fingerprint density at radius 1 is 1.09 bits per heavy atom. The van der Waals surface area contributed by atoms with Crippen LogP contribution in [0.1, 0.15) is 49.3 Å². The van der Waals surface area contributed by atoms with Crippen LogP contribution in [-0.4, -0.2) is 34.6 Å². The first-order chi connectivity index (χ1) is 15.3. The Morgan fingerprint density at radius 2 is 1.84 bits per heavy atom. The molecule has 7 heteroatoms. The van der Waals surface area contributed by atoms with Crippen LogP contribution in [0.5, 0.6) is 0 Å². The summed E-state index contributed by atoms with van der Waals surface area (Å²) in [6, 6.07) is 13.2. The molecule has 4 nitrogen and oxygen atoms in total. The van der Waals surface area contributed by atoms with E-state index in [0.717, 1.165) is 37.0 Å². The summed E-state index contributed by atoms with van der Waals surface area (Å²) in [5.41, 5.74) is 3.23. The molecule has 1 saturated carbocycles. The van der Waals surface area contributed by atoms with Crippen LogP contribution in [0.2, 0.25) is 10.0 Å². The van der Waals surface area contributed by atoms with Crippen molar-refractivity contribution in [1.29, 1.82) is 0 Å². The van der Waals surface area contributed by atoms with Crippen molar-refractivity contribution in [1.82, 2.24) is 10.2 Å². The average molecular weight is 494 g/mol. The molecule has 1 aliphatic carbocycles. The molecule has 0 bridgehead atoms. The van der Waals surface area contributed by atoms with Gasteiger partial charge < -0.3 is 10.2 Å². The van der Waals surface area contributed by atoms with Crippen LogP contribution >= 0.6 is 35.0 Å². The first kappa shape index (κ1) is 24.9. The molecule has 1 atom stereocenters. The Labute approximate surface area is 205 Å². The van der Waals surface area contributed by atoms with Crippen LogP contribution in [-0.2, 0) is 21.9 Å². The molecule has 1 aliphatic rings. The molecule has 172 valence electrons. The molecule has 0 heterocycles. The summed E-state index contributed by atoms with van der Waals surface area (Å²) < 4.78 is 0. The zero-order chi connectivity index (χ0) is 23.1. The normalized spacial score (nSPS) is 14.9. The number of halogens is 2. The molecule has 3 rings (SSSR count). The maximum absolute atomic E-state index is 13.2. The summed E-state index contributed by atoms with van der Waals surface area (Å²) in [5.74, 6) is 0.879. The van der Waals surface area contributed by atoms with Crippen molar-refractivity contribution in [2.45, 2.75) is 63.9 Å². The predicted octanol–water partition coefficient (Wildman–Crippen LogP) is 6.01. The van der Waals surface area contributed by atoms with E-state index in [1.807, 2.05) is 12.1 Å². The zero-order valence-electron chi connectivity index (χ0n) is 18.6. The van der Waals surface area contributed by atoms with E-state index in [0.29, 0.717) is 22.3 Å². The quantitative estimate of drug-likeness (QED) is 0.466. The van der Waals surface area contributed by atoms with E-state index in [4.69, 9.17) is 23.2 Å². The number of aryl methyl sites for hydroxylation is 1. The zero-order valence-corrected chi connectivity index (χ0v) is 20.9. The summed E-state index contributed by atoms with van der Waals surface area (Å²) in [5, 5.41) is 4.03. The number of nitrogens with one attached hydrogen (secondary N) is 1. The number of hydrogen-bond acceptors (Lipinski definition) is 3. The lowest BCUT2D eigenvalue weighted by molar-refractivity contribution is -0.138. The number of benzene rings is 2. The summed E-state index contributed by atoms with van der Waals surface area (Å²) >= 11 is 13.8. The van der Waals surface area contributed by atoms with Gasteiger partial charge in [0.15, 0.2) is 0 Å². The van der Waals surface area contributed by atoms with E-state index < -0.39 is 6.04 Å². The van der Waals surface area contributed by atoms with Crippen molar-refractivity contribution in [3.8, 4) is 0 Å². The van der Waals surface area contributed by atoms with Gasteiger partial charge in [0.25, 0.3) is 0 Å². The van der Waals surface area contributed by atoms with Crippen molar-refractivity contribution in [3.05, 3.63) is 69.2 Å². The monoisotopic (exact) mass is 492 g/mol. The number of nitrogens with zero attached hydrogens (tertiary/aromatic N) is 1. The Morgan fingerprint density at radius 3 is 2.53 bits per heavy atom. The smallest absolute Gasteiger partial charge is 0.242 e. The van der Waals surface area contributed by atoms with Crippen LogP contribution in [0.3, 0.4) is 0 Å².